The molecule has 0 radical (unpaired) electrons. The first-order chi connectivity index (χ1) is 42.7. The summed E-state index contributed by atoms with van der Waals surface area (Å²) in [6, 6.07) is 18.2. The number of nitrogens with zero attached hydrogens (tertiary/aromatic N) is 10. The van der Waals surface area contributed by atoms with E-state index in [1.54, 1.807) is 106 Å². The summed E-state index contributed by atoms with van der Waals surface area (Å²) >= 11 is 5.21. The van der Waals surface area contributed by atoms with Crippen LogP contribution in [0.1, 0.15) is 111 Å². The number of amides is 1. The molecule has 23 nitrogen and oxygen atoms in total. The minimum Gasteiger partial charge on any atom is -1.00 e. The second-order valence-corrected chi connectivity index (χ2v) is 20.7. The van der Waals surface area contributed by atoms with Gasteiger partial charge in [-0.3, -0.25) is 19.4 Å². The third-order valence-corrected chi connectivity index (χ3v) is 13.8. The van der Waals surface area contributed by atoms with E-state index in [2.05, 4.69) is 60.4 Å². The number of ether oxygens (including phenoxy) is 3. The Balaban J connectivity index is 0.00000113. The Hall–Kier alpha value is -6.24. The van der Waals surface area contributed by atoms with Crippen LogP contribution >= 0.6 is 45.3 Å². The van der Waals surface area contributed by atoms with E-state index in [9.17, 15) is 37.1 Å². The number of esters is 3. The average Bonchev–Trinajstić information content (AvgIpc) is 2.94. The zero-order valence-corrected chi connectivity index (χ0v) is 61.2. The second kappa shape index (κ2) is 45.1. The van der Waals surface area contributed by atoms with Gasteiger partial charge in [0.25, 0.3) is 12.4 Å². The minimum atomic E-state index is -0.484. The van der Waals surface area contributed by atoms with Crippen LogP contribution < -0.4 is 119 Å². The average molecular weight is 1380 g/mol. The van der Waals surface area contributed by atoms with Gasteiger partial charge in [0.2, 0.25) is 6.04 Å². The molecule has 6 aromatic heterocycles. The first-order valence-electron chi connectivity index (χ1n) is 26.2. The quantitative estimate of drug-likeness (QED) is 0.0197. The molecule has 1 atom stereocenters. The van der Waals surface area contributed by atoms with Gasteiger partial charge in [0, 0.05) is 72.3 Å². The Morgan fingerprint density at radius 1 is 0.648 bits per heavy atom. The molecular formula is C59H63F3K2N12O11S4. The fourth-order valence-corrected chi connectivity index (χ4v) is 9.77. The summed E-state index contributed by atoms with van der Waals surface area (Å²) in [6.45, 7) is 18.4. The number of hydrogen-bond donors (Lipinski definition) is 2. The van der Waals surface area contributed by atoms with Crippen LogP contribution in [0.3, 0.4) is 0 Å². The van der Waals surface area contributed by atoms with Crippen LogP contribution in [0.4, 0.5) is 13.2 Å². The summed E-state index contributed by atoms with van der Waals surface area (Å²) in [5.74, 6) is -2.36. The van der Waals surface area contributed by atoms with Gasteiger partial charge in [0.05, 0.1) is 50.1 Å². The van der Waals surface area contributed by atoms with Gasteiger partial charge >= 0.3 is 121 Å². The van der Waals surface area contributed by atoms with E-state index < -0.39 is 11.9 Å². The van der Waals surface area contributed by atoms with Crippen LogP contribution in [0.5, 0.6) is 0 Å². The molecule has 0 bridgehead atoms. The van der Waals surface area contributed by atoms with E-state index in [-0.39, 0.29) is 168 Å². The number of rotatable bonds is 16. The molecule has 1 unspecified atom stereocenters. The van der Waals surface area contributed by atoms with Crippen LogP contribution in [-0.2, 0) is 38.0 Å². The molecule has 472 valence electrons. The molecule has 0 fully saturated rings. The van der Waals surface area contributed by atoms with E-state index in [4.69, 9.17) is 26.1 Å². The third-order valence-electron chi connectivity index (χ3n) is 10.6. The molecular weight excluding hydrogens is 1320 g/mol. The zero-order chi connectivity index (χ0) is 66.0. The number of aromatic nitrogens is 8. The maximum absolute atomic E-state index is 13.1. The molecule has 9 rings (SSSR count). The Labute approximate surface area is 625 Å². The van der Waals surface area contributed by atoms with Crippen molar-refractivity contribution in [2.24, 2.45) is 24.8 Å². The number of benzene rings is 3. The molecule has 91 heavy (non-hydrogen) atoms. The molecule has 0 saturated carbocycles. The number of carbonyl (C=O) groups excluding carboxylic acids is 6. The van der Waals surface area contributed by atoms with E-state index >= 15 is 0 Å². The van der Waals surface area contributed by atoms with E-state index in [0.717, 1.165) is 39.4 Å². The van der Waals surface area contributed by atoms with Crippen LogP contribution in [-0.4, -0.2) is 122 Å². The van der Waals surface area contributed by atoms with Gasteiger partial charge in [0.1, 0.15) is 49.6 Å². The van der Waals surface area contributed by atoms with Crippen molar-refractivity contribution in [2.75, 3.05) is 33.9 Å². The SMILES string of the molecule is CC(C)NC(=O)c1csc(-c2c(-c3ccc(F)cc3)ncn2C)n1.CCOC(=O)c1csc(-c2c(-c3ccc(F)cc3)ncn2C)n1.CCOC(=O)c1csc(C=NC)n1.CCOC(=O)c1csc(C=O)n1.CN.O=CO[O-].[C-]#[N+]C(C)c1ccc(F)cc1.[H-].[K+].[K+]. The van der Waals surface area contributed by atoms with Gasteiger partial charge in [-0.15, -0.1) is 45.3 Å². The van der Waals surface area contributed by atoms with Crippen molar-refractivity contribution in [2.45, 2.75) is 53.6 Å². The van der Waals surface area contributed by atoms with Gasteiger partial charge in [-0.05, 0) is 114 Å². The summed E-state index contributed by atoms with van der Waals surface area (Å²) < 4.78 is 56.7. The van der Waals surface area contributed by atoms with E-state index in [0.29, 0.717) is 63.9 Å². The summed E-state index contributed by atoms with van der Waals surface area (Å²) in [7, 11) is 6.87. The standard InChI is InChI=1S/C17H17FN4OS.C16H14FN3O2S.C9H8FN.C8H10N2O2S.C7H7NO3S.CH5N.CH2O3.2K.H/c1-10(2)20-16(23)13-8-24-17(21-13)15-14(19-9-22(15)3)11-4-6-12(18)7-5-11;1-3-22-16(21)12-8-23-15(19-12)14-13(18-9-20(14)2)10-4-6-11(17)7-5-10;1-7(11-2)8-3-5-9(10)6-4-8;1-3-12-8(11)6-5-13-7(10-6)4-9-2;1-2-11-7(10)5-4-12-6(3-9)8-5;1-2;2-1-4-3;;;/h4-10H,1-3H3,(H,20,23);4-9H,3H2,1-2H3;3-7H,1H3;4-5H,3H2,1-2H3;3-4H,2H2,1H3;2H2,1H3;1,3H;;;/q;;;;;;;2*+1;-1/p-1. The predicted octanol–water partition coefficient (Wildman–Crippen LogP) is 4.45. The van der Waals surface area contributed by atoms with Crippen molar-refractivity contribution in [3.8, 4) is 43.9 Å². The number of halogens is 3. The summed E-state index contributed by atoms with van der Waals surface area (Å²) in [5.41, 5.74) is 11.1. The molecule has 32 heteroatoms. The van der Waals surface area contributed by atoms with Crippen molar-refractivity contribution in [3.63, 3.8) is 0 Å². The van der Waals surface area contributed by atoms with Crippen LogP contribution in [0.25, 0.3) is 48.8 Å². The smallest absolute Gasteiger partial charge is 1.00 e. The third kappa shape index (κ3) is 27.5. The number of thiazole rings is 4. The Morgan fingerprint density at radius 2 is 1.01 bits per heavy atom. The Bertz CT molecular complexity index is 3750. The van der Waals surface area contributed by atoms with E-state index in [1.165, 1.54) is 82.8 Å². The number of carbonyl (C=O) groups is 6. The maximum atomic E-state index is 13.1. The van der Waals surface area contributed by atoms with Crippen molar-refractivity contribution in [1.82, 2.24) is 44.4 Å². The van der Waals surface area contributed by atoms with Crippen LogP contribution in [0.15, 0.2) is 112 Å². The van der Waals surface area contributed by atoms with Crippen molar-refractivity contribution < 1.29 is 170 Å². The van der Waals surface area contributed by atoms with Gasteiger partial charge in [0.15, 0.2) is 28.4 Å². The summed E-state index contributed by atoms with van der Waals surface area (Å²) in [5, 5.41) is 20.2. The fourth-order valence-electron chi connectivity index (χ4n) is 6.72. The van der Waals surface area contributed by atoms with Crippen LogP contribution in [0, 0.1) is 24.0 Å². The van der Waals surface area contributed by atoms with Gasteiger partial charge in [-0.2, -0.15) is 0 Å². The number of nitrogens with two attached hydrogens (primary N) is 1. The number of aryl methyl sites for hydroxylation is 2. The first kappa shape index (κ1) is 82.8. The number of imidazole rings is 2. The topological polar surface area (TPSA) is 304 Å². The molecule has 0 aliphatic carbocycles. The number of nitrogens with one attached hydrogen (secondary N) is 1. The molecule has 0 spiro atoms. The maximum Gasteiger partial charge on any atom is 1.00 e. The minimum absolute atomic E-state index is 0. The van der Waals surface area contributed by atoms with Crippen molar-refractivity contribution in [3.05, 3.63) is 174 Å². The molecule has 0 saturated heterocycles. The molecule has 6 heterocycles. The normalized spacial score (nSPS) is 10.1. The van der Waals surface area contributed by atoms with Crippen molar-refractivity contribution in [1.29, 1.82) is 0 Å². The molecule has 0 aliphatic heterocycles. The molecule has 3 N–H and O–H groups in total. The van der Waals surface area contributed by atoms with Crippen LogP contribution in [0.2, 0.25) is 0 Å². The monoisotopic (exact) mass is 1380 g/mol. The number of aliphatic imine (C=N–C) groups is 1. The largest absolute Gasteiger partial charge is 1.00 e. The summed E-state index contributed by atoms with van der Waals surface area (Å²) in [6.07, 6.45) is 5.56. The molecule has 3 aromatic carbocycles. The molecule has 0 aliphatic rings. The molecule has 9 aromatic rings. The number of aldehydes is 1. The Kier molecular flexibility index (Phi) is 41.0. The first-order valence-corrected chi connectivity index (χ1v) is 29.8. The van der Waals surface area contributed by atoms with Crippen molar-refractivity contribution >= 4 is 88.1 Å². The van der Waals surface area contributed by atoms with Gasteiger partial charge in [-0.25, -0.2) is 64.0 Å². The fraction of sp³-hybridized carbons (Fsp3) is 0.254. The second-order valence-electron chi connectivity index (χ2n) is 17.2. The Morgan fingerprint density at radius 3 is 1.37 bits per heavy atom. The molecule has 1 amide bonds. The van der Waals surface area contributed by atoms with E-state index in [1.807, 2.05) is 37.1 Å². The van der Waals surface area contributed by atoms with Gasteiger partial charge < -0.3 is 50.8 Å². The predicted molar refractivity (Wildman–Crippen MR) is 333 cm³/mol. The van der Waals surface area contributed by atoms with Gasteiger partial charge in [-0.1, -0.05) is 0 Å². The summed E-state index contributed by atoms with van der Waals surface area (Å²) in [4.78, 5) is 99.8. The zero-order valence-electron chi connectivity index (χ0n) is 52.7. The number of hydrogen-bond acceptors (Lipinski definition) is 23.